The first-order chi connectivity index (χ1) is 8.83. The normalized spacial score (nSPS) is 27.7. The maximum atomic E-state index is 12.2. The highest BCUT2D eigenvalue weighted by Gasteiger charge is 2.38. The van der Waals surface area contributed by atoms with E-state index in [0.717, 1.165) is 12.1 Å². The Morgan fingerprint density at radius 3 is 2.80 bits per heavy atom. The summed E-state index contributed by atoms with van der Waals surface area (Å²) in [7, 11) is 0. The SMILES string of the molecule is Cl.Cl.O=C(Nc1cccnc1)C1CC2CCCCC2N1. The van der Waals surface area contributed by atoms with E-state index in [2.05, 4.69) is 15.6 Å². The van der Waals surface area contributed by atoms with E-state index in [9.17, 15) is 4.79 Å². The molecule has 2 heterocycles. The summed E-state index contributed by atoms with van der Waals surface area (Å²) in [5.74, 6) is 0.779. The summed E-state index contributed by atoms with van der Waals surface area (Å²) in [6.07, 6.45) is 9.48. The minimum atomic E-state index is -0.0293. The van der Waals surface area contributed by atoms with Gasteiger partial charge in [-0.3, -0.25) is 9.78 Å². The lowest BCUT2D eigenvalue weighted by molar-refractivity contribution is -0.117. The Bertz CT molecular complexity index is 416. The summed E-state index contributed by atoms with van der Waals surface area (Å²) < 4.78 is 0. The molecule has 3 rings (SSSR count). The molecule has 1 aliphatic heterocycles. The second kappa shape index (κ2) is 7.81. The molecule has 1 aromatic rings. The van der Waals surface area contributed by atoms with E-state index in [1.807, 2.05) is 12.1 Å². The maximum Gasteiger partial charge on any atom is 0.241 e. The summed E-state index contributed by atoms with van der Waals surface area (Å²) >= 11 is 0. The Hall–Kier alpha value is -0.840. The first-order valence-electron chi connectivity index (χ1n) is 6.80. The van der Waals surface area contributed by atoms with Crippen LogP contribution in [-0.4, -0.2) is 23.0 Å². The van der Waals surface area contributed by atoms with Gasteiger partial charge >= 0.3 is 0 Å². The average Bonchev–Trinajstić information content (AvgIpc) is 2.84. The first kappa shape index (κ1) is 17.2. The van der Waals surface area contributed by atoms with Crippen LogP contribution in [-0.2, 0) is 4.79 Å². The zero-order valence-electron chi connectivity index (χ0n) is 11.2. The lowest BCUT2D eigenvalue weighted by Gasteiger charge is -2.24. The van der Waals surface area contributed by atoms with Crippen molar-refractivity contribution < 1.29 is 4.79 Å². The monoisotopic (exact) mass is 317 g/mol. The Balaban J connectivity index is 0.000001000. The highest BCUT2D eigenvalue weighted by molar-refractivity contribution is 5.94. The number of aromatic nitrogens is 1. The molecular formula is C14H21Cl2N3O. The fourth-order valence-corrected chi connectivity index (χ4v) is 3.19. The molecule has 112 valence electrons. The summed E-state index contributed by atoms with van der Waals surface area (Å²) in [5.41, 5.74) is 0.777. The van der Waals surface area contributed by atoms with Crippen LogP contribution in [0.3, 0.4) is 0 Å². The predicted octanol–water partition coefficient (Wildman–Crippen LogP) is 2.78. The van der Waals surface area contributed by atoms with Gasteiger partial charge in [-0.05, 0) is 37.3 Å². The molecule has 4 nitrogen and oxygen atoms in total. The van der Waals surface area contributed by atoms with E-state index in [1.165, 1.54) is 25.7 Å². The van der Waals surface area contributed by atoms with Crippen molar-refractivity contribution in [1.29, 1.82) is 0 Å². The van der Waals surface area contributed by atoms with Gasteiger partial charge < -0.3 is 10.6 Å². The zero-order chi connectivity index (χ0) is 12.4. The first-order valence-corrected chi connectivity index (χ1v) is 6.80. The third kappa shape index (κ3) is 3.84. The number of anilines is 1. The number of carbonyl (C=O) groups is 1. The van der Waals surface area contributed by atoms with Gasteiger partial charge in [0.05, 0.1) is 17.9 Å². The third-order valence-corrected chi connectivity index (χ3v) is 4.11. The van der Waals surface area contributed by atoms with Crippen LogP contribution in [0.1, 0.15) is 32.1 Å². The van der Waals surface area contributed by atoms with Gasteiger partial charge in [0.2, 0.25) is 5.91 Å². The van der Waals surface area contributed by atoms with E-state index in [4.69, 9.17) is 0 Å². The lowest BCUT2D eigenvalue weighted by Crippen LogP contribution is -2.39. The molecule has 2 fully saturated rings. The Labute approximate surface area is 131 Å². The van der Waals surface area contributed by atoms with Gasteiger partial charge in [0.25, 0.3) is 0 Å². The fourth-order valence-electron chi connectivity index (χ4n) is 3.19. The van der Waals surface area contributed by atoms with Crippen molar-refractivity contribution in [2.75, 3.05) is 5.32 Å². The van der Waals surface area contributed by atoms with Gasteiger partial charge in [-0.15, -0.1) is 24.8 Å². The third-order valence-electron chi connectivity index (χ3n) is 4.11. The highest BCUT2D eigenvalue weighted by atomic mass is 35.5. The van der Waals surface area contributed by atoms with Crippen molar-refractivity contribution in [1.82, 2.24) is 10.3 Å². The number of amides is 1. The van der Waals surface area contributed by atoms with Gasteiger partial charge in [0, 0.05) is 12.2 Å². The van der Waals surface area contributed by atoms with Crippen molar-refractivity contribution in [2.24, 2.45) is 5.92 Å². The van der Waals surface area contributed by atoms with Crippen molar-refractivity contribution >= 4 is 36.4 Å². The average molecular weight is 318 g/mol. The summed E-state index contributed by atoms with van der Waals surface area (Å²) in [5, 5.41) is 6.41. The van der Waals surface area contributed by atoms with Crippen LogP contribution in [0.4, 0.5) is 5.69 Å². The van der Waals surface area contributed by atoms with E-state index in [0.29, 0.717) is 12.0 Å². The lowest BCUT2D eigenvalue weighted by atomic mass is 9.85. The van der Waals surface area contributed by atoms with Crippen LogP contribution in [0.25, 0.3) is 0 Å². The second-order valence-electron chi connectivity index (χ2n) is 5.34. The largest absolute Gasteiger partial charge is 0.323 e. The molecule has 2 aliphatic rings. The number of nitrogens with zero attached hydrogens (tertiary/aromatic N) is 1. The van der Waals surface area contributed by atoms with Crippen molar-refractivity contribution in [3.05, 3.63) is 24.5 Å². The number of fused-ring (bicyclic) bond motifs is 1. The van der Waals surface area contributed by atoms with Crippen LogP contribution in [0.15, 0.2) is 24.5 Å². The topological polar surface area (TPSA) is 54.0 Å². The van der Waals surface area contributed by atoms with Crippen LogP contribution in [0.2, 0.25) is 0 Å². The van der Waals surface area contributed by atoms with Gasteiger partial charge in [-0.2, -0.15) is 0 Å². The quantitative estimate of drug-likeness (QED) is 0.882. The number of halogens is 2. The molecule has 1 aromatic heterocycles. The van der Waals surface area contributed by atoms with Gasteiger partial charge in [-0.1, -0.05) is 12.8 Å². The molecule has 0 aromatic carbocycles. The minimum Gasteiger partial charge on any atom is -0.323 e. The van der Waals surface area contributed by atoms with Crippen molar-refractivity contribution in [3.8, 4) is 0 Å². The molecule has 1 aliphatic carbocycles. The number of nitrogens with one attached hydrogen (secondary N) is 2. The molecule has 0 spiro atoms. The molecule has 6 heteroatoms. The molecule has 1 saturated heterocycles. The summed E-state index contributed by atoms with van der Waals surface area (Å²) in [6, 6.07) is 4.23. The second-order valence-corrected chi connectivity index (χ2v) is 5.34. The number of pyridine rings is 1. The number of hydrogen-bond acceptors (Lipinski definition) is 3. The standard InChI is InChI=1S/C14H19N3O.2ClH/c18-14(16-11-5-3-7-15-9-11)13-8-10-4-1-2-6-12(10)17-13;;/h3,5,7,9-10,12-13,17H,1-2,4,6,8H2,(H,16,18);2*1H. The van der Waals surface area contributed by atoms with E-state index in [1.54, 1.807) is 12.4 Å². The number of hydrogen-bond donors (Lipinski definition) is 2. The molecule has 3 atom stereocenters. The molecule has 3 unspecified atom stereocenters. The van der Waals surface area contributed by atoms with Crippen LogP contribution >= 0.6 is 24.8 Å². The molecule has 20 heavy (non-hydrogen) atoms. The van der Waals surface area contributed by atoms with E-state index in [-0.39, 0.29) is 36.8 Å². The van der Waals surface area contributed by atoms with Crippen LogP contribution in [0.5, 0.6) is 0 Å². The Morgan fingerprint density at radius 1 is 1.30 bits per heavy atom. The smallest absolute Gasteiger partial charge is 0.241 e. The van der Waals surface area contributed by atoms with E-state index >= 15 is 0 Å². The number of carbonyl (C=O) groups excluding carboxylic acids is 1. The van der Waals surface area contributed by atoms with E-state index < -0.39 is 0 Å². The Morgan fingerprint density at radius 2 is 2.10 bits per heavy atom. The summed E-state index contributed by atoms with van der Waals surface area (Å²) in [4.78, 5) is 16.2. The van der Waals surface area contributed by atoms with Gasteiger partial charge in [-0.25, -0.2) is 0 Å². The zero-order valence-corrected chi connectivity index (χ0v) is 12.9. The molecule has 1 saturated carbocycles. The van der Waals surface area contributed by atoms with Gasteiger partial charge in [0.1, 0.15) is 0 Å². The van der Waals surface area contributed by atoms with Gasteiger partial charge in [0.15, 0.2) is 0 Å². The maximum absolute atomic E-state index is 12.2. The van der Waals surface area contributed by atoms with Crippen molar-refractivity contribution in [3.63, 3.8) is 0 Å². The number of rotatable bonds is 2. The van der Waals surface area contributed by atoms with Crippen LogP contribution in [0, 0.1) is 5.92 Å². The minimum absolute atomic E-state index is 0. The molecule has 0 bridgehead atoms. The molecule has 2 N–H and O–H groups in total. The fraction of sp³-hybridized carbons (Fsp3) is 0.571. The van der Waals surface area contributed by atoms with Crippen LogP contribution < -0.4 is 10.6 Å². The van der Waals surface area contributed by atoms with Crippen molar-refractivity contribution in [2.45, 2.75) is 44.2 Å². The predicted molar refractivity (Wildman–Crippen MR) is 84.6 cm³/mol. The molecule has 1 amide bonds. The highest BCUT2D eigenvalue weighted by Crippen LogP contribution is 2.33. The Kier molecular flexibility index (Phi) is 6.72. The summed E-state index contributed by atoms with van der Waals surface area (Å²) in [6.45, 7) is 0. The molecular weight excluding hydrogens is 297 g/mol. The molecule has 0 radical (unpaired) electrons.